The lowest BCUT2D eigenvalue weighted by molar-refractivity contribution is -0.114. The quantitative estimate of drug-likeness (QED) is 0.635. The number of halogens is 1. The van der Waals surface area contributed by atoms with Gasteiger partial charge in [0.25, 0.3) is 5.91 Å². The Bertz CT molecular complexity index is 737. The van der Waals surface area contributed by atoms with Crippen molar-refractivity contribution in [3.8, 4) is 0 Å². The number of nitrogens with zero attached hydrogens (tertiary/aromatic N) is 1. The van der Waals surface area contributed by atoms with Crippen LogP contribution in [0.3, 0.4) is 0 Å². The van der Waals surface area contributed by atoms with Crippen LogP contribution in [0.2, 0.25) is 0 Å². The van der Waals surface area contributed by atoms with Crippen LogP contribution in [0.1, 0.15) is 29.8 Å². The molecular formula is C17H16BrN3O2. The zero-order valence-electron chi connectivity index (χ0n) is 12.8. The first-order valence-electron chi connectivity index (χ1n) is 6.94. The van der Waals surface area contributed by atoms with Gasteiger partial charge in [0.2, 0.25) is 5.91 Å². The first-order chi connectivity index (χ1) is 11.0. The van der Waals surface area contributed by atoms with Gasteiger partial charge in [0.05, 0.1) is 5.71 Å². The molecule has 5 nitrogen and oxygen atoms in total. The summed E-state index contributed by atoms with van der Waals surface area (Å²) in [6.07, 6.45) is 0. The van der Waals surface area contributed by atoms with Crippen LogP contribution in [0.4, 0.5) is 5.69 Å². The normalized spacial score (nSPS) is 11.0. The van der Waals surface area contributed by atoms with E-state index in [4.69, 9.17) is 0 Å². The summed E-state index contributed by atoms with van der Waals surface area (Å²) in [6, 6.07) is 14.3. The fraction of sp³-hybridized carbons (Fsp3) is 0.118. The number of benzene rings is 2. The molecule has 0 saturated heterocycles. The molecule has 0 spiro atoms. The van der Waals surface area contributed by atoms with Crippen LogP contribution in [0, 0.1) is 0 Å². The maximum Gasteiger partial charge on any atom is 0.271 e. The molecule has 2 aromatic rings. The van der Waals surface area contributed by atoms with E-state index in [2.05, 4.69) is 31.8 Å². The topological polar surface area (TPSA) is 70.6 Å². The third-order valence-corrected chi connectivity index (χ3v) is 3.58. The largest absolute Gasteiger partial charge is 0.326 e. The molecule has 0 aliphatic carbocycles. The molecule has 0 saturated carbocycles. The van der Waals surface area contributed by atoms with Crippen LogP contribution in [-0.2, 0) is 4.79 Å². The van der Waals surface area contributed by atoms with E-state index in [1.807, 2.05) is 12.1 Å². The van der Waals surface area contributed by atoms with Crippen molar-refractivity contribution in [1.82, 2.24) is 5.43 Å². The molecule has 0 fully saturated rings. The number of nitrogens with one attached hydrogen (secondary N) is 2. The van der Waals surface area contributed by atoms with Crippen LogP contribution in [-0.4, -0.2) is 17.5 Å². The van der Waals surface area contributed by atoms with Crippen molar-refractivity contribution < 1.29 is 9.59 Å². The maximum absolute atomic E-state index is 12.0. The Morgan fingerprint density at radius 2 is 1.48 bits per heavy atom. The van der Waals surface area contributed by atoms with E-state index in [-0.39, 0.29) is 11.8 Å². The molecule has 2 N–H and O–H groups in total. The van der Waals surface area contributed by atoms with E-state index in [0.29, 0.717) is 17.0 Å². The minimum Gasteiger partial charge on any atom is -0.326 e. The number of anilines is 1. The monoisotopic (exact) mass is 373 g/mol. The van der Waals surface area contributed by atoms with E-state index in [1.54, 1.807) is 43.3 Å². The molecule has 0 aliphatic heterocycles. The Morgan fingerprint density at radius 3 is 2.04 bits per heavy atom. The third-order valence-electron chi connectivity index (χ3n) is 3.05. The zero-order valence-corrected chi connectivity index (χ0v) is 14.3. The summed E-state index contributed by atoms with van der Waals surface area (Å²) in [4.78, 5) is 23.0. The van der Waals surface area contributed by atoms with Gasteiger partial charge in [0.1, 0.15) is 0 Å². The number of rotatable bonds is 4. The van der Waals surface area contributed by atoms with Crippen molar-refractivity contribution in [1.29, 1.82) is 0 Å². The number of amides is 2. The molecule has 0 heterocycles. The van der Waals surface area contributed by atoms with Crippen LogP contribution in [0.5, 0.6) is 0 Å². The van der Waals surface area contributed by atoms with Crippen LogP contribution >= 0.6 is 15.9 Å². The molecule has 6 heteroatoms. The summed E-state index contributed by atoms with van der Waals surface area (Å²) >= 11 is 3.32. The average Bonchev–Trinajstić information content (AvgIpc) is 2.53. The molecule has 118 valence electrons. The molecular weight excluding hydrogens is 358 g/mol. The number of carbonyl (C=O) groups excluding carboxylic acids is 2. The zero-order chi connectivity index (χ0) is 16.8. The average molecular weight is 374 g/mol. The minimum atomic E-state index is -0.272. The van der Waals surface area contributed by atoms with E-state index >= 15 is 0 Å². The Morgan fingerprint density at radius 1 is 0.913 bits per heavy atom. The van der Waals surface area contributed by atoms with E-state index in [0.717, 1.165) is 10.0 Å². The summed E-state index contributed by atoms with van der Waals surface area (Å²) in [5.74, 6) is -0.392. The number of hydrazone groups is 1. The van der Waals surface area contributed by atoms with Gasteiger partial charge in [-0.1, -0.05) is 28.1 Å². The van der Waals surface area contributed by atoms with E-state index < -0.39 is 0 Å². The smallest absolute Gasteiger partial charge is 0.271 e. The molecule has 0 aliphatic rings. The highest BCUT2D eigenvalue weighted by atomic mass is 79.9. The second kappa shape index (κ2) is 7.69. The first kappa shape index (κ1) is 16.9. The molecule has 2 amide bonds. The molecule has 23 heavy (non-hydrogen) atoms. The SMILES string of the molecule is CC(=O)Nc1ccc(/C(C)=N\NC(=O)c2ccc(Br)cc2)cc1. The Hall–Kier alpha value is -2.47. The van der Waals surface area contributed by atoms with Gasteiger partial charge in [-0.05, 0) is 48.9 Å². The van der Waals surface area contributed by atoms with Gasteiger partial charge < -0.3 is 5.32 Å². The van der Waals surface area contributed by atoms with Gasteiger partial charge in [-0.3, -0.25) is 9.59 Å². The predicted octanol–water partition coefficient (Wildman–Crippen LogP) is 3.56. The van der Waals surface area contributed by atoms with Gasteiger partial charge in [-0.2, -0.15) is 5.10 Å². The van der Waals surface area contributed by atoms with Crippen molar-refractivity contribution in [2.45, 2.75) is 13.8 Å². The minimum absolute atomic E-state index is 0.120. The van der Waals surface area contributed by atoms with E-state index in [1.165, 1.54) is 6.92 Å². The molecule has 0 unspecified atom stereocenters. The first-order valence-corrected chi connectivity index (χ1v) is 7.73. The lowest BCUT2D eigenvalue weighted by Crippen LogP contribution is -2.19. The Balaban J connectivity index is 2.03. The predicted molar refractivity (Wildman–Crippen MR) is 94.6 cm³/mol. The highest BCUT2D eigenvalue weighted by molar-refractivity contribution is 9.10. The van der Waals surface area contributed by atoms with Crippen LogP contribution in [0.15, 0.2) is 58.1 Å². The summed E-state index contributed by atoms with van der Waals surface area (Å²) in [5.41, 5.74) is 5.30. The standard InChI is InChI=1S/C17H16BrN3O2/c1-11(13-5-9-16(10-6-13)19-12(2)22)20-21-17(23)14-3-7-15(18)8-4-14/h3-10H,1-2H3,(H,19,22)(H,21,23)/b20-11-. The Labute approximate surface area is 142 Å². The number of hydrogen-bond donors (Lipinski definition) is 2. The van der Waals surface area contributed by atoms with Crippen molar-refractivity contribution in [2.24, 2.45) is 5.10 Å². The third kappa shape index (κ3) is 5.03. The van der Waals surface area contributed by atoms with Gasteiger partial charge in [-0.25, -0.2) is 5.43 Å². The van der Waals surface area contributed by atoms with E-state index in [9.17, 15) is 9.59 Å². The summed E-state index contributed by atoms with van der Waals surface area (Å²) in [5, 5.41) is 6.80. The summed E-state index contributed by atoms with van der Waals surface area (Å²) in [7, 11) is 0. The summed E-state index contributed by atoms with van der Waals surface area (Å²) in [6.45, 7) is 3.26. The molecule has 2 aromatic carbocycles. The maximum atomic E-state index is 12.0. The van der Waals surface area contributed by atoms with Crippen molar-refractivity contribution in [2.75, 3.05) is 5.32 Å². The second-order valence-corrected chi connectivity index (χ2v) is 5.82. The van der Waals surface area contributed by atoms with Crippen LogP contribution < -0.4 is 10.7 Å². The second-order valence-electron chi connectivity index (χ2n) is 4.90. The molecule has 0 bridgehead atoms. The highest BCUT2D eigenvalue weighted by Gasteiger charge is 2.05. The molecule has 0 atom stereocenters. The fourth-order valence-corrected chi connectivity index (χ4v) is 2.13. The van der Waals surface area contributed by atoms with Gasteiger partial charge in [-0.15, -0.1) is 0 Å². The lowest BCUT2D eigenvalue weighted by Gasteiger charge is -2.05. The number of carbonyl (C=O) groups is 2. The van der Waals surface area contributed by atoms with Crippen LogP contribution in [0.25, 0.3) is 0 Å². The summed E-state index contributed by atoms with van der Waals surface area (Å²) < 4.78 is 0.910. The molecule has 2 rings (SSSR count). The number of hydrogen-bond acceptors (Lipinski definition) is 3. The highest BCUT2D eigenvalue weighted by Crippen LogP contribution is 2.11. The van der Waals surface area contributed by atoms with Crippen molar-refractivity contribution in [3.63, 3.8) is 0 Å². The molecule has 0 aromatic heterocycles. The van der Waals surface area contributed by atoms with Gasteiger partial charge >= 0.3 is 0 Å². The lowest BCUT2D eigenvalue weighted by atomic mass is 10.1. The van der Waals surface area contributed by atoms with Crippen molar-refractivity contribution in [3.05, 3.63) is 64.1 Å². The van der Waals surface area contributed by atoms with Gasteiger partial charge in [0.15, 0.2) is 0 Å². The van der Waals surface area contributed by atoms with Crippen molar-refractivity contribution >= 4 is 39.1 Å². The molecule has 0 radical (unpaired) electrons. The fourth-order valence-electron chi connectivity index (χ4n) is 1.86. The van der Waals surface area contributed by atoms with Gasteiger partial charge in [0, 0.05) is 22.6 Å². The Kier molecular flexibility index (Phi) is 5.65.